The summed E-state index contributed by atoms with van der Waals surface area (Å²) in [6, 6.07) is 27.1. The molecule has 3 aliphatic rings. The van der Waals surface area contributed by atoms with E-state index in [9.17, 15) is 9.90 Å². The van der Waals surface area contributed by atoms with Gasteiger partial charge in [0.05, 0.1) is 12.1 Å². The van der Waals surface area contributed by atoms with E-state index in [1.165, 1.54) is 0 Å². The number of rotatable bonds is 2. The first kappa shape index (κ1) is 20.7. The number of amides is 1. The molecule has 1 spiro atoms. The third-order valence-corrected chi connectivity index (χ3v) is 7.51. The zero-order chi connectivity index (χ0) is 24.3. The Bertz CT molecular complexity index is 1590. The normalized spacial score (nSPS) is 21.0. The number of hydrogen-bond acceptors (Lipinski definition) is 4. The first-order valence-electron chi connectivity index (χ1n) is 12.0. The number of fused-ring (bicyclic) bond motifs is 7. The predicted molar refractivity (Wildman–Crippen MR) is 139 cm³/mol. The van der Waals surface area contributed by atoms with Crippen molar-refractivity contribution >= 4 is 22.9 Å². The molecule has 2 unspecified atom stereocenters. The molecule has 1 aliphatic carbocycles. The lowest BCUT2D eigenvalue weighted by molar-refractivity contribution is -0.132. The summed E-state index contributed by atoms with van der Waals surface area (Å²) in [5.41, 5.74) is 1.46. The van der Waals surface area contributed by atoms with Crippen LogP contribution in [0.3, 0.4) is 0 Å². The molecule has 0 bridgehead atoms. The smallest absolute Gasteiger partial charge is 0.251 e. The minimum absolute atomic E-state index is 0.0944. The van der Waals surface area contributed by atoms with Crippen molar-refractivity contribution in [1.82, 2.24) is 5.01 Å². The van der Waals surface area contributed by atoms with Crippen LogP contribution < -0.4 is 4.74 Å². The maximum absolute atomic E-state index is 14.0. The lowest BCUT2D eigenvalue weighted by Gasteiger charge is -2.44. The average Bonchev–Trinajstić information content (AvgIpc) is 3.17. The van der Waals surface area contributed by atoms with Gasteiger partial charge in [0.15, 0.2) is 0 Å². The molecule has 2 heterocycles. The zero-order valence-corrected chi connectivity index (χ0v) is 19.3. The first-order valence-corrected chi connectivity index (χ1v) is 12.0. The van der Waals surface area contributed by atoms with Gasteiger partial charge in [-0.05, 0) is 29.0 Å². The van der Waals surface area contributed by atoms with Crippen LogP contribution in [0.25, 0.3) is 10.8 Å². The summed E-state index contributed by atoms with van der Waals surface area (Å²) in [7, 11) is 0. The highest BCUT2D eigenvalue weighted by molar-refractivity contribution is 6.03. The second-order valence-corrected chi connectivity index (χ2v) is 9.30. The highest BCUT2D eigenvalue weighted by atomic mass is 16.5. The number of phenolic OH excluding ortho intramolecular Hbond substituents is 1. The van der Waals surface area contributed by atoms with E-state index in [0.717, 1.165) is 21.9 Å². The molecule has 5 nitrogen and oxygen atoms in total. The number of hydrazone groups is 1. The van der Waals surface area contributed by atoms with Crippen molar-refractivity contribution in [3.63, 3.8) is 0 Å². The van der Waals surface area contributed by atoms with Gasteiger partial charge in [-0.3, -0.25) is 4.79 Å². The van der Waals surface area contributed by atoms with Gasteiger partial charge in [-0.1, -0.05) is 91.0 Å². The Hall–Kier alpha value is -4.64. The number of para-hydroxylation sites is 2. The van der Waals surface area contributed by atoms with Crippen LogP contribution in [0.2, 0.25) is 0 Å². The fourth-order valence-electron chi connectivity index (χ4n) is 5.97. The lowest BCUT2D eigenvalue weighted by Crippen LogP contribution is -2.46. The fraction of sp³-hybridized carbons (Fsp3) is 0.0968. The van der Waals surface area contributed by atoms with Crippen molar-refractivity contribution in [1.29, 1.82) is 0 Å². The first-order chi connectivity index (χ1) is 17.7. The summed E-state index contributed by atoms with van der Waals surface area (Å²) >= 11 is 0. The Morgan fingerprint density at radius 1 is 0.833 bits per heavy atom. The van der Waals surface area contributed by atoms with Gasteiger partial charge in [-0.15, -0.1) is 0 Å². The maximum atomic E-state index is 14.0. The minimum Gasteiger partial charge on any atom is -0.507 e. The summed E-state index contributed by atoms with van der Waals surface area (Å²) in [5, 5.41) is 19.1. The Balaban J connectivity index is 1.50. The van der Waals surface area contributed by atoms with E-state index in [2.05, 4.69) is 6.08 Å². The molecule has 5 heteroatoms. The van der Waals surface area contributed by atoms with Crippen LogP contribution >= 0.6 is 0 Å². The van der Waals surface area contributed by atoms with E-state index in [1.54, 1.807) is 17.3 Å². The van der Waals surface area contributed by atoms with Crippen molar-refractivity contribution in [2.75, 3.05) is 0 Å². The summed E-state index contributed by atoms with van der Waals surface area (Å²) in [6.07, 6.45) is 9.60. The number of phenols is 1. The minimum atomic E-state index is -0.898. The van der Waals surface area contributed by atoms with Crippen LogP contribution in [-0.4, -0.2) is 22.2 Å². The largest absolute Gasteiger partial charge is 0.507 e. The van der Waals surface area contributed by atoms with E-state index >= 15 is 0 Å². The Morgan fingerprint density at radius 3 is 2.28 bits per heavy atom. The fourth-order valence-corrected chi connectivity index (χ4v) is 5.97. The predicted octanol–water partition coefficient (Wildman–Crippen LogP) is 6.13. The summed E-state index contributed by atoms with van der Waals surface area (Å²) in [6.45, 7) is 0. The summed E-state index contributed by atoms with van der Waals surface area (Å²) in [5.74, 6) is 0.889. The zero-order valence-electron chi connectivity index (χ0n) is 19.3. The van der Waals surface area contributed by atoms with Gasteiger partial charge >= 0.3 is 0 Å². The molecule has 1 N–H and O–H groups in total. The molecule has 2 atom stereocenters. The molecule has 0 radical (unpaired) electrons. The van der Waals surface area contributed by atoms with Crippen LogP contribution in [0.4, 0.5) is 0 Å². The van der Waals surface area contributed by atoms with Crippen LogP contribution in [0.15, 0.2) is 114 Å². The quantitative estimate of drug-likeness (QED) is 0.359. The van der Waals surface area contributed by atoms with Gasteiger partial charge in [0, 0.05) is 22.6 Å². The van der Waals surface area contributed by atoms with Gasteiger partial charge in [0.25, 0.3) is 5.91 Å². The SMILES string of the molecule is O=C1C2C=CC=CC2C2(c3ccccc3Oc3ccccc32)N1/N=C/c1c(O)ccc2ccccc12. The number of hydrogen-bond donors (Lipinski definition) is 1. The van der Waals surface area contributed by atoms with Crippen molar-refractivity contribution in [2.24, 2.45) is 16.9 Å². The molecule has 2 aliphatic heterocycles. The third kappa shape index (κ3) is 2.71. The molecule has 1 saturated heterocycles. The van der Waals surface area contributed by atoms with Crippen LogP contribution in [0, 0.1) is 11.8 Å². The second kappa shape index (κ2) is 7.68. The van der Waals surface area contributed by atoms with E-state index in [1.807, 2.05) is 97.1 Å². The van der Waals surface area contributed by atoms with Gasteiger partial charge in [-0.2, -0.15) is 5.10 Å². The number of carbonyl (C=O) groups is 1. The maximum Gasteiger partial charge on any atom is 0.251 e. The van der Waals surface area contributed by atoms with Crippen LogP contribution in [0.5, 0.6) is 17.2 Å². The molecule has 1 fully saturated rings. The lowest BCUT2D eigenvalue weighted by atomic mass is 9.68. The Morgan fingerprint density at radius 2 is 1.50 bits per heavy atom. The number of carbonyl (C=O) groups excluding carboxylic acids is 1. The summed E-state index contributed by atoms with van der Waals surface area (Å²) < 4.78 is 6.30. The van der Waals surface area contributed by atoms with E-state index < -0.39 is 5.54 Å². The van der Waals surface area contributed by atoms with Gasteiger partial charge in [-0.25, -0.2) is 5.01 Å². The number of nitrogens with zero attached hydrogens (tertiary/aromatic N) is 2. The Labute approximate surface area is 208 Å². The molecule has 0 aromatic heterocycles. The highest BCUT2D eigenvalue weighted by Gasteiger charge is 2.62. The monoisotopic (exact) mass is 470 g/mol. The molecule has 36 heavy (non-hydrogen) atoms. The molecular formula is C31H22N2O3. The molecule has 4 aromatic rings. The number of ether oxygens (including phenoxy) is 1. The molecule has 1 amide bonds. The van der Waals surface area contributed by atoms with Crippen molar-refractivity contribution in [2.45, 2.75) is 5.54 Å². The number of benzene rings is 4. The van der Waals surface area contributed by atoms with Crippen molar-refractivity contribution < 1.29 is 14.6 Å². The molecule has 0 saturated carbocycles. The highest BCUT2D eigenvalue weighted by Crippen LogP contribution is 2.60. The van der Waals surface area contributed by atoms with Crippen molar-refractivity contribution in [3.05, 3.63) is 126 Å². The molecular weight excluding hydrogens is 448 g/mol. The number of aromatic hydroxyl groups is 1. The van der Waals surface area contributed by atoms with Gasteiger partial charge in [0.2, 0.25) is 0 Å². The van der Waals surface area contributed by atoms with Gasteiger partial charge < -0.3 is 9.84 Å². The topological polar surface area (TPSA) is 62.1 Å². The average molecular weight is 471 g/mol. The van der Waals surface area contributed by atoms with E-state index in [-0.39, 0.29) is 23.5 Å². The summed E-state index contributed by atoms with van der Waals surface area (Å²) in [4.78, 5) is 14.0. The van der Waals surface area contributed by atoms with E-state index in [0.29, 0.717) is 17.1 Å². The molecule has 7 rings (SSSR count). The van der Waals surface area contributed by atoms with E-state index in [4.69, 9.17) is 9.84 Å². The molecule has 174 valence electrons. The standard InChI is InChI=1S/C31H22N2O3/c34-27-18-17-20-9-1-2-10-21(20)23(27)19-32-33-30(35)22-11-3-4-12-24(22)31(33)25-13-5-7-15-28(25)36-29-16-8-6-14-26(29)31/h1-19,22,24,34H/b32-19+. The Kier molecular flexibility index (Phi) is 4.42. The number of allylic oxidation sites excluding steroid dienone is 2. The van der Waals surface area contributed by atoms with Crippen molar-refractivity contribution in [3.8, 4) is 17.2 Å². The second-order valence-electron chi connectivity index (χ2n) is 9.30. The third-order valence-electron chi connectivity index (χ3n) is 7.51. The molecule has 4 aromatic carbocycles. The van der Waals surface area contributed by atoms with Crippen LogP contribution in [0.1, 0.15) is 16.7 Å². The van der Waals surface area contributed by atoms with Gasteiger partial charge in [0.1, 0.15) is 22.8 Å². The van der Waals surface area contributed by atoms with Crippen LogP contribution in [-0.2, 0) is 10.3 Å².